The highest BCUT2D eigenvalue weighted by molar-refractivity contribution is 5.66. The van der Waals surface area contributed by atoms with E-state index in [1.54, 1.807) is 14.2 Å². The Morgan fingerprint density at radius 1 is 0.867 bits per heavy atom. The molecule has 1 aliphatic rings. The van der Waals surface area contributed by atoms with Gasteiger partial charge in [-0.1, -0.05) is 18.2 Å². The molecule has 0 bridgehead atoms. The second-order valence-electron chi connectivity index (χ2n) is 6.70. The molecule has 1 aromatic heterocycles. The summed E-state index contributed by atoms with van der Waals surface area (Å²) in [5.41, 5.74) is 1.64. The van der Waals surface area contributed by atoms with Crippen molar-refractivity contribution in [2.75, 3.05) is 55.9 Å². The molecule has 2 heterocycles. The molecule has 0 amide bonds. The first-order chi connectivity index (χ1) is 14.7. The second kappa shape index (κ2) is 9.27. The topological polar surface area (TPSA) is 96.5 Å². The Bertz CT molecular complexity index is 978. The summed E-state index contributed by atoms with van der Waals surface area (Å²) < 4.78 is 10.8. The molecule has 9 nitrogen and oxygen atoms in total. The summed E-state index contributed by atoms with van der Waals surface area (Å²) in [4.78, 5) is 16.0. The standard InChI is InChI=1S/C21H25N7O2/c1-29-16-8-9-17(18(14-16)30-2)24-20-25-19(23-15-6-4-3-5-7-15)26-21(27-20)28-12-10-22-11-13-28/h3-9,14,22H,10-13H2,1-2H3,(H2,23,24,25,26,27). The Kier molecular flexibility index (Phi) is 6.09. The zero-order chi connectivity index (χ0) is 20.8. The number of methoxy groups -OCH3 is 2. The van der Waals surface area contributed by atoms with E-state index in [0.29, 0.717) is 29.3 Å². The number of hydrogen-bond acceptors (Lipinski definition) is 9. The van der Waals surface area contributed by atoms with Gasteiger partial charge in [0.1, 0.15) is 11.5 Å². The molecule has 0 unspecified atom stereocenters. The van der Waals surface area contributed by atoms with Crippen LogP contribution in [0.3, 0.4) is 0 Å². The predicted octanol–water partition coefficient (Wildman–Crippen LogP) is 2.79. The van der Waals surface area contributed by atoms with E-state index in [-0.39, 0.29) is 0 Å². The van der Waals surface area contributed by atoms with Gasteiger partial charge >= 0.3 is 0 Å². The van der Waals surface area contributed by atoms with E-state index < -0.39 is 0 Å². The number of anilines is 5. The van der Waals surface area contributed by atoms with Gasteiger partial charge in [0, 0.05) is 37.9 Å². The molecule has 1 fully saturated rings. The van der Waals surface area contributed by atoms with E-state index in [0.717, 1.165) is 37.6 Å². The molecule has 0 saturated carbocycles. The third-order valence-electron chi connectivity index (χ3n) is 4.71. The monoisotopic (exact) mass is 407 g/mol. The number of benzene rings is 2. The van der Waals surface area contributed by atoms with Gasteiger partial charge in [0.15, 0.2) is 0 Å². The van der Waals surface area contributed by atoms with Gasteiger partial charge in [-0.25, -0.2) is 0 Å². The zero-order valence-corrected chi connectivity index (χ0v) is 17.1. The van der Waals surface area contributed by atoms with Crippen molar-refractivity contribution in [3.63, 3.8) is 0 Å². The lowest BCUT2D eigenvalue weighted by Crippen LogP contribution is -2.44. The van der Waals surface area contributed by atoms with E-state index in [1.807, 2.05) is 48.5 Å². The number of hydrogen-bond donors (Lipinski definition) is 3. The van der Waals surface area contributed by atoms with E-state index in [1.165, 1.54) is 0 Å². The molecule has 0 aliphatic carbocycles. The van der Waals surface area contributed by atoms with Crippen LogP contribution in [0.5, 0.6) is 11.5 Å². The van der Waals surface area contributed by atoms with Crippen LogP contribution in [0.25, 0.3) is 0 Å². The molecule has 1 saturated heterocycles. The van der Waals surface area contributed by atoms with Crippen LogP contribution in [0.2, 0.25) is 0 Å². The zero-order valence-electron chi connectivity index (χ0n) is 17.1. The summed E-state index contributed by atoms with van der Waals surface area (Å²) in [6.07, 6.45) is 0. The summed E-state index contributed by atoms with van der Waals surface area (Å²) in [6, 6.07) is 15.4. The van der Waals surface area contributed by atoms with Crippen molar-refractivity contribution < 1.29 is 9.47 Å². The number of nitrogens with zero attached hydrogens (tertiary/aromatic N) is 4. The minimum Gasteiger partial charge on any atom is -0.497 e. The van der Waals surface area contributed by atoms with Crippen LogP contribution in [-0.4, -0.2) is 55.4 Å². The molecule has 3 aromatic rings. The molecule has 4 rings (SSSR count). The molecule has 0 atom stereocenters. The third kappa shape index (κ3) is 4.69. The van der Waals surface area contributed by atoms with Crippen molar-refractivity contribution >= 4 is 29.2 Å². The van der Waals surface area contributed by atoms with Crippen LogP contribution in [-0.2, 0) is 0 Å². The highest BCUT2D eigenvalue weighted by atomic mass is 16.5. The maximum Gasteiger partial charge on any atom is 0.233 e. The average molecular weight is 407 g/mol. The van der Waals surface area contributed by atoms with E-state index in [4.69, 9.17) is 9.47 Å². The molecule has 9 heteroatoms. The summed E-state index contributed by atoms with van der Waals surface area (Å²) in [5, 5.41) is 9.86. The Labute approximate surface area is 175 Å². The first-order valence-corrected chi connectivity index (χ1v) is 9.78. The Morgan fingerprint density at radius 3 is 2.30 bits per heavy atom. The molecule has 30 heavy (non-hydrogen) atoms. The quantitative estimate of drug-likeness (QED) is 0.546. The SMILES string of the molecule is COc1ccc(Nc2nc(Nc3ccccc3)nc(N3CCNCC3)n2)c(OC)c1. The van der Waals surface area contributed by atoms with Crippen molar-refractivity contribution in [3.8, 4) is 11.5 Å². The number of piperazine rings is 1. The lowest BCUT2D eigenvalue weighted by atomic mass is 10.2. The minimum absolute atomic E-state index is 0.431. The lowest BCUT2D eigenvalue weighted by molar-refractivity contribution is 0.395. The second-order valence-corrected chi connectivity index (χ2v) is 6.70. The van der Waals surface area contributed by atoms with Crippen molar-refractivity contribution in [3.05, 3.63) is 48.5 Å². The Morgan fingerprint density at radius 2 is 1.60 bits per heavy atom. The summed E-state index contributed by atoms with van der Waals surface area (Å²) >= 11 is 0. The van der Waals surface area contributed by atoms with Crippen LogP contribution >= 0.6 is 0 Å². The summed E-state index contributed by atoms with van der Waals surface area (Å²) in [5.74, 6) is 2.87. The molecule has 0 spiro atoms. The largest absolute Gasteiger partial charge is 0.497 e. The third-order valence-corrected chi connectivity index (χ3v) is 4.71. The van der Waals surface area contributed by atoms with Crippen molar-refractivity contribution in [2.45, 2.75) is 0 Å². The Balaban J connectivity index is 1.66. The molecular formula is C21H25N7O2. The van der Waals surface area contributed by atoms with Crippen molar-refractivity contribution in [1.29, 1.82) is 0 Å². The van der Waals surface area contributed by atoms with Crippen LogP contribution in [0, 0.1) is 0 Å². The van der Waals surface area contributed by atoms with Crippen molar-refractivity contribution in [2.24, 2.45) is 0 Å². The summed E-state index contributed by atoms with van der Waals surface area (Å²) in [6.45, 7) is 3.45. The Hall–Kier alpha value is -3.59. The van der Waals surface area contributed by atoms with Gasteiger partial charge in [0.25, 0.3) is 0 Å². The highest BCUT2D eigenvalue weighted by Gasteiger charge is 2.17. The average Bonchev–Trinajstić information content (AvgIpc) is 2.80. The van der Waals surface area contributed by atoms with Gasteiger partial charge in [-0.05, 0) is 24.3 Å². The minimum atomic E-state index is 0.431. The van der Waals surface area contributed by atoms with Gasteiger partial charge in [0.2, 0.25) is 17.8 Å². The smallest absolute Gasteiger partial charge is 0.233 e. The number of rotatable bonds is 7. The maximum absolute atomic E-state index is 5.48. The summed E-state index contributed by atoms with van der Waals surface area (Å²) in [7, 11) is 3.23. The molecular weight excluding hydrogens is 382 g/mol. The lowest BCUT2D eigenvalue weighted by Gasteiger charge is -2.27. The van der Waals surface area contributed by atoms with Crippen LogP contribution in [0.1, 0.15) is 0 Å². The van der Waals surface area contributed by atoms with Gasteiger partial charge in [0.05, 0.1) is 19.9 Å². The number of nitrogens with one attached hydrogen (secondary N) is 3. The van der Waals surface area contributed by atoms with Crippen LogP contribution in [0.15, 0.2) is 48.5 Å². The first kappa shape index (κ1) is 19.7. The number of aromatic nitrogens is 3. The number of para-hydroxylation sites is 1. The van der Waals surface area contributed by atoms with Crippen LogP contribution < -0.4 is 30.3 Å². The maximum atomic E-state index is 5.48. The molecule has 2 aromatic carbocycles. The molecule has 0 radical (unpaired) electrons. The van der Waals surface area contributed by atoms with Crippen molar-refractivity contribution in [1.82, 2.24) is 20.3 Å². The van der Waals surface area contributed by atoms with Gasteiger partial charge in [-0.2, -0.15) is 15.0 Å². The van der Waals surface area contributed by atoms with E-state index >= 15 is 0 Å². The first-order valence-electron chi connectivity index (χ1n) is 9.78. The van der Waals surface area contributed by atoms with E-state index in [9.17, 15) is 0 Å². The fraction of sp³-hybridized carbons (Fsp3) is 0.286. The van der Waals surface area contributed by atoms with Crippen LogP contribution in [0.4, 0.5) is 29.2 Å². The predicted molar refractivity (Wildman–Crippen MR) is 117 cm³/mol. The highest BCUT2D eigenvalue weighted by Crippen LogP contribution is 2.31. The fourth-order valence-electron chi connectivity index (χ4n) is 3.16. The van der Waals surface area contributed by atoms with Gasteiger partial charge < -0.3 is 30.3 Å². The van der Waals surface area contributed by atoms with E-state index in [2.05, 4.69) is 35.8 Å². The van der Waals surface area contributed by atoms with Gasteiger partial charge in [-0.3, -0.25) is 0 Å². The molecule has 1 aliphatic heterocycles. The fourth-order valence-corrected chi connectivity index (χ4v) is 3.16. The number of ether oxygens (including phenoxy) is 2. The molecule has 156 valence electrons. The molecule has 3 N–H and O–H groups in total. The van der Waals surface area contributed by atoms with Gasteiger partial charge in [-0.15, -0.1) is 0 Å². The normalized spacial score (nSPS) is 13.6.